The first kappa shape index (κ1) is 11.1. The molecule has 1 aromatic carbocycles. The second kappa shape index (κ2) is 4.06. The average molecular weight is 235 g/mol. The van der Waals surface area contributed by atoms with Gasteiger partial charge in [-0.15, -0.1) is 0 Å². The highest BCUT2D eigenvalue weighted by Gasteiger charge is 2.06. The molecule has 0 fully saturated rings. The maximum absolute atomic E-state index is 10.9. The fraction of sp³-hybridized carbons (Fsp3) is 0.250. The number of hydrogen-bond donors (Lipinski definition) is 2. The van der Waals surface area contributed by atoms with Crippen molar-refractivity contribution >= 4 is 33.0 Å². The summed E-state index contributed by atoms with van der Waals surface area (Å²) in [5.74, 6) is 0. The lowest BCUT2D eigenvalue weighted by molar-refractivity contribution is 0.607. The van der Waals surface area contributed by atoms with Crippen LogP contribution in [-0.2, 0) is 10.0 Å². The first-order chi connectivity index (χ1) is 6.42. The van der Waals surface area contributed by atoms with Crippen LogP contribution in [0.2, 0.25) is 5.02 Å². The minimum absolute atomic E-state index is 0.363. The molecule has 0 unspecified atom stereocenters. The van der Waals surface area contributed by atoms with Gasteiger partial charge >= 0.3 is 0 Å². The number of hydrogen-bond acceptors (Lipinski definition) is 3. The Hall–Kier alpha value is -0.940. The number of benzene rings is 1. The van der Waals surface area contributed by atoms with Crippen LogP contribution < -0.4 is 10.0 Å². The molecule has 0 heterocycles. The Bertz CT molecular complexity index is 431. The molecule has 78 valence electrons. The zero-order chi connectivity index (χ0) is 10.8. The van der Waals surface area contributed by atoms with Crippen LogP contribution in [-0.4, -0.2) is 21.7 Å². The van der Waals surface area contributed by atoms with Gasteiger partial charge in [0.2, 0.25) is 10.0 Å². The predicted molar refractivity (Wildman–Crippen MR) is 59.5 cm³/mol. The molecule has 0 radical (unpaired) electrons. The minimum Gasteiger partial charge on any atom is -0.388 e. The van der Waals surface area contributed by atoms with E-state index in [1.54, 1.807) is 25.2 Å². The molecule has 0 aliphatic rings. The lowest BCUT2D eigenvalue weighted by Gasteiger charge is -2.07. The van der Waals surface area contributed by atoms with E-state index in [2.05, 4.69) is 10.0 Å². The number of sulfonamides is 1. The molecule has 2 N–H and O–H groups in total. The molecule has 0 aliphatic carbocycles. The minimum atomic E-state index is -3.27. The standard InChI is InChI=1S/C8H11ClN2O2S/c1-10-6-3-4-8(7(9)5-6)11-14(2,12)13/h3-5,10-11H,1-2H3. The Balaban J connectivity index is 3.01. The third-order valence-corrected chi connectivity index (χ3v) is 2.46. The van der Waals surface area contributed by atoms with Crippen molar-refractivity contribution in [1.82, 2.24) is 0 Å². The molecule has 0 aliphatic heterocycles. The van der Waals surface area contributed by atoms with Gasteiger partial charge in [-0.3, -0.25) is 4.72 Å². The third-order valence-electron chi connectivity index (χ3n) is 1.55. The average Bonchev–Trinajstić information content (AvgIpc) is 2.06. The van der Waals surface area contributed by atoms with Gasteiger partial charge in [0.1, 0.15) is 0 Å². The molecule has 0 bridgehead atoms. The lowest BCUT2D eigenvalue weighted by atomic mass is 10.3. The van der Waals surface area contributed by atoms with Gasteiger partial charge in [-0.1, -0.05) is 11.6 Å². The van der Waals surface area contributed by atoms with Gasteiger partial charge in [-0.2, -0.15) is 0 Å². The second-order valence-corrected chi connectivity index (χ2v) is 4.97. The lowest BCUT2D eigenvalue weighted by Crippen LogP contribution is -2.09. The summed E-state index contributed by atoms with van der Waals surface area (Å²) in [6.45, 7) is 0. The zero-order valence-corrected chi connectivity index (χ0v) is 9.41. The van der Waals surface area contributed by atoms with Crippen LogP contribution in [0.4, 0.5) is 11.4 Å². The number of rotatable bonds is 3. The topological polar surface area (TPSA) is 58.2 Å². The van der Waals surface area contributed by atoms with E-state index in [-0.39, 0.29) is 0 Å². The van der Waals surface area contributed by atoms with Gasteiger partial charge in [-0.05, 0) is 18.2 Å². The van der Waals surface area contributed by atoms with Crippen molar-refractivity contribution in [3.63, 3.8) is 0 Å². The van der Waals surface area contributed by atoms with Crippen molar-refractivity contribution in [2.45, 2.75) is 0 Å². The fourth-order valence-electron chi connectivity index (χ4n) is 0.953. The Morgan fingerprint density at radius 2 is 2.00 bits per heavy atom. The van der Waals surface area contributed by atoms with Crippen LogP contribution in [0.5, 0.6) is 0 Å². The normalized spacial score (nSPS) is 11.1. The van der Waals surface area contributed by atoms with Crippen molar-refractivity contribution < 1.29 is 8.42 Å². The van der Waals surface area contributed by atoms with Crippen LogP contribution in [0.25, 0.3) is 0 Å². The van der Waals surface area contributed by atoms with Crippen LogP contribution in [0.15, 0.2) is 18.2 Å². The summed E-state index contributed by atoms with van der Waals surface area (Å²) in [6.07, 6.45) is 1.08. The summed E-state index contributed by atoms with van der Waals surface area (Å²) in [5, 5.41) is 3.26. The molecule has 1 aromatic rings. The molecular weight excluding hydrogens is 224 g/mol. The van der Waals surface area contributed by atoms with Crippen molar-refractivity contribution in [2.24, 2.45) is 0 Å². The van der Waals surface area contributed by atoms with Crippen LogP contribution in [0.1, 0.15) is 0 Å². The Labute approximate surface area is 88.3 Å². The summed E-state index contributed by atoms with van der Waals surface area (Å²) in [5.41, 5.74) is 1.21. The molecule has 0 saturated carbocycles. The first-order valence-electron chi connectivity index (χ1n) is 3.87. The summed E-state index contributed by atoms with van der Waals surface area (Å²) in [6, 6.07) is 4.99. The van der Waals surface area contributed by atoms with E-state index in [0.717, 1.165) is 11.9 Å². The molecule has 0 amide bonds. The fourth-order valence-corrected chi connectivity index (χ4v) is 1.81. The van der Waals surface area contributed by atoms with Crippen LogP contribution >= 0.6 is 11.6 Å². The van der Waals surface area contributed by atoms with Gasteiger partial charge in [0, 0.05) is 12.7 Å². The van der Waals surface area contributed by atoms with Crippen molar-refractivity contribution in [2.75, 3.05) is 23.3 Å². The van der Waals surface area contributed by atoms with E-state index in [4.69, 9.17) is 11.6 Å². The number of anilines is 2. The summed E-state index contributed by atoms with van der Waals surface area (Å²) < 4.78 is 24.2. The molecule has 14 heavy (non-hydrogen) atoms. The Kier molecular flexibility index (Phi) is 3.23. The highest BCUT2D eigenvalue weighted by molar-refractivity contribution is 7.92. The summed E-state index contributed by atoms with van der Waals surface area (Å²) >= 11 is 5.85. The van der Waals surface area contributed by atoms with E-state index in [1.807, 2.05) is 0 Å². The smallest absolute Gasteiger partial charge is 0.229 e. The molecule has 1 rings (SSSR count). The largest absolute Gasteiger partial charge is 0.388 e. The van der Waals surface area contributed by atoms with Gasteiger partial charge in [0.15, 0.2) is 0 Å². The van der Waals surface area contributed by atoms with Gasteiger partial charge in [0.05, 0.1) is 17.0 Å². The van der Waals surface area contributed by atoms with Crippen molar-refractivity contribution in [3.8, 4) is 0 Å². The molecule has 0 aromatic heterocycles. The predicted octanol–water partition coefficient (Wildman–Crippen LogP) is 1.75. The van der Waals surface area contributed by atoms with Gasteiger partial charge in [-0.25, -0.2) is 8.42 Å². The van der Waals surface area contributed by atoms with Crippen molar-refractivity contribution in [1.29, 1.82) is 0 Å². The highest BCUT2D eigenvalue weighted by atomic mass is 35.5. The molecule has 0 spiro atoms. The third kappa shape index (κ3) is 3.08. The van der Waals surface area contributed by atoms with Gasteiger partial charge in [0.25, 0.3) is 0 Å². The zero-order valence-electron chi connectivity index (χ0n) is 7.83. The molecule has 0 saturated heterocycles. The number of halogens is 1. The maximum atomic E-state index is 10.9. The molecular formula is C8H11ClN2O2S. The van der Waals surface area contributed by atoms with E-state index in [0.29, 0.717) is 10.7 Å². The van der Waals surface area contributed by atoms with Crippen molar-refractivity contribution in [3.05, 3.63) is 23.2 Å². The van der Waals surface area contributed by atoms with Crippen LogP contribution in [0.3, 0.4) is 0 Å². The van der Waals surface area contributed by atoms with E-state index in [1.165, 1.54) is 0 Å². The molecule has 4 nitrogen and oxygen atoms in total. The van der Waals surface area contributed by atoms with E-state index >= 15 is 0 Å². The summed E-state index contributed by atoms with van der Waals surface area (Å²) in [7, 11) is -1.51. The first-order valence-corrected chi connectivity index (χ1v) is 6.14. The summed E-state index contributed by atoms with van der Waals surface area (Å²) in [4.78, 5) is 0. The quantitative estimate of drug-likeness (QED) is 0.838. The monoisotopic (exact) mass is 234 g/mol. The molecule has 0 atom stereocenters. The van der Waals surface area contributed by atoms with Crippen LogP contribution in [0, 0.1) is 0 Å². The highest BCUT2D eigenvalue weighted by Crippen LogP contribution is 2.25. The maximum Gasteiger partial charge on any atom is 0.229 e. The Morgan fingerprint density at radius 1 is 1.36 bits per heavy atom. The second-order valence-electron chi connectivity index (χ2n) is 2.82. The van der Waals surface area contributed by atoms with E-state index in [9.17, 15) is 8.42 Å². The van der Waals surface area contributed by atoms with Gasteiger partial charge < -0.3 is 5.32 Å². The SMILES string of the molecule is CNc1ccc(NS(C)(=O)=O)c(Cl)c1. The Morgan fingerprint density at radius 3 is 2.43 bits per heavy atom. The van der Waals surface area contributed by atoms with E-state index < -0.39 is 10.0 Å². The number of nitrogens with one attached hydrogen (secondary N) is 2. The molecule has 6 heteroatoms.